The third-order valence-corrected chi connectivity index (χ3v) is 3.75. The van der Waals surface area contributed by atoms with Gasteiger partial charge in [0.15, 0.2) is 0 Å². The average molecular weight is 351 g/mol. The summed E-state index contributed by atoms with van der Waals surface area (Å²) in [6, 6.07) is 15.7. The maximum Gasteiger partial charge on any atom is 0.133 e. The summed E-state index contributed by atoms with van der Waals surface area (Å²) in [5.41, 5.74) is 3.95. The standard InChI is InChI=1S/C16H19BrN2O2/c1-20-16-8-7-12(10-15(16)17)9-13(19-18)11-21-14-5-3-2-4-6-14/h2-8,10,13,19H,9,11,18H2,1H3. The maximum absolute atomic E-state index is 5.73. The van der Waals surface area contributed by atoms with Crippen LogP contribution >= 0.6 is 15.9 Å². The van der Waals surface area contributed by atoms with Crippen LogP contribution in [0, 0.1) is 0 Å². The van der Waals surface area contributed by atoms with Gasteiger partial charge in [-0.3, -0.25) is 11.3 Å². The topological polar surface area (TPSA) is 56.5 Å². The second-order valence-electron chi connectivity index (χ2n) is 4.66. The molecule has 0 spiro atoms. The molecule has 5 heteroatoms. The molecule has 0 radical (unpaired) electrons. The van der Waals surface area contributed by atoms with E-state index < -0.39 is 0 Å². The summed E-state index contributed by atoms with van der Waals surface area (Å²) in [4.78, 5) is 0. The highest BCUT2D eigenvalue weighted by atomic mass is 79.9. The molecule has 0 aromatic heterocycles. The third-order valence-electron chi connectivity index (χ3n) is 3.13. The van der Waals surface area contributed by atoms with Gasteiger partial charge in [-0.1, -0.05) is 24.3 Å². The van der Waals surface area contributed by atoms with Gasteiger partial charge in [0.2, 0.25) is 0 Å². The van der Waals surface area contributed by atoms with Crippen LogP contribution < -0.4 is 20.7 Å². The van der Waals surface area contributed by atoms with Gasteiger partial charge in [0.05, 0.1) is 17.6 Å². The molecule has 1 atom stereocenters. The lowest BCUT2D eigenvalue weighted by Gasteiger charge is -2.17. The predicted molar refractivity (Wildman–Crippen MR) is 87.4 cm³/mol. The van der Waals surface area contributed by atoms with Crippen molar-refractivity contribution < 1.29 is 9.47 Å². The van der Waals surface area contributed by atoms with E-state index in [2.05, 4.69) is 21.4 Å². The van der Waals surface area contributed by atoms with E-state index in [1.807, 2.05) is 48.5 Å². The molecule has 0 aliphatic carbocycles. The first-order valence-electron chi connectivity index (χ1n) is 6.69. The Morgan fingerprint density at radius 2 is 1.95 bits per heavy atom. The molecule has 2 aromatic carbocycles. The summed E-state index contributed by atoms with van der Waals surface area (Å²) in [6.07, 6.45) is 0.770. The lowest BCUT2D eigenvalue weighted by molar-refractivity contribution is 0.264. The quantitative estimate of drug-likeness (QED) is 0.595. The van der Waals surface area contributed by atoms with Gasteiger partial charge in [0.25, 0.3) is 0 Å². The monoisotopic (exact) mass is 350 g/mol. The number of nitrogens with one attached hydrogen (secondary N) is 1. The number of halogens is 1. The number of hydrazine groups is 1. The van der Waals surface area contributed by atoms with Crippen molar-refractivity contribution in [2.24, 2.45) is 5.84 Å². The maximum atomic E-state index is 5.73. The fraction of sp³-hybridized carbons (Fsp3) is 0.250. The largest absolute Gasteiger partial charge is 0.496 e. The number of nitrogens with two attached hydrogens (primary N) is 1. The molecule has 4 nitrogen and oxygen atoms in total. The molecule has 0 aliphatic heterocycles. The zero-order valence-electron chi connectivity index (χ0n) is 11.9. The zero-order valence-corrected chi connectivity index (χ0v) is 13.5. The van der Waals surface area contributed by atoms with E-state index in [0.29, 0.717) is 6.61 Å². The lowest BCUT2D eigenvalue weighted by Crippen LogP contribution is -2.41. The Bertz CT molecular complexity index is 563. The highest BCUT2D eigenvalue weighted by molar-refractivity contribution is 9.10. The smallest absolute Gasteiger partial charge is 0.133 e. The van der Waals surface area contributed by atoms with Crippen molar-refractivity contribution in [1.82, 2.24) is 5.43 Å². The minimum atomic E-state index is 0.0329. The van der Waals surface area contributed by atoms with E-state index in [9.17, 15) is 0 Å². The molecular weight excluding hydrogens is 332 g/mol. The molecule has 1 unspecified atom stereocenters. The third kappa shape index (κ3) is 4.74. The first kappa shape index (κ1) is 15.8. The molecule has 21 heavy (non-hydrogen) atoms. The first-order chi connectivity index (χ1) is 10.2. The summed E-state index contributed by atoms with van der Waals surface area (Å²) in [5.74, 6) is 7.27. The van der Waals surface area contributed by atoms with Crippen LogP contribution in [0.3, 0.4) is 0 Å². The summed E-state index contributed by atoms with van der Waals surface area (Å²) in [6.45, 7) is 0.504. The van der Waals surface area contributed by atoms with Crippen LogP contribution in [0.25, 0.3) is 0 Å². The molecule has 0 heterocycles. The van der Waals surface area contributed by atoms with Crippen molar-refractivity contribution in [2.75, 3.05) is 13.7 Å². The Hall–Kier alpha value is -1.56. The zero-order chi connectivity index (χ0) is 15.1. The Kier molecular flexibility index (Phi) is 6.04. The van der Waals surface area contributed by atoms with Crippen LogP contribution in [0.5, 0.6) is 11.5 Å². The average Bonchev–Trinajstić information content (AvgIpc) is 2.52. The van der Waals surface area contributed by atoms with Crippen LogP contribution in [0.4, 0.5) is 0 Å². The SMILES string of the molecule is COc1ccc(CC(COc2ccccc2)NN)cc1Br. The lowest BCUT2D eigenvalue weighted by atomic mass is 10.1. The van der Waals surface area contributed by atoms with Crippen molar-refractivity contribution in [3.05, 3.63) is 58.6 Å². The summed E-state index contributed by atoms with van der Waals surface area (Å²) in [7, 11) is 1.65. The van der Waals surface area contributed by atoms with Crippen LogP contribution in [-0.4, -0.2) is 19.8 Å². The minimum absolute atomic E-state index is 0.0329. The van der Waals surface area contributed by atoms with Gasteiger partial charge in [0.1, 0.15) is 18.1 Å². The number of rotatable bonds is 7. The van der Waals surface area contributed by atoms with Gasteiger partial charge in [-0.2, -0.15) is 0 Å². The van der Waals surface area contributed by atoms with Crippen LogP contribution in [-0.2, 0) is 6.42 Å². The number of hydrogen-bond donors (Lipinski definition) is 2. The highest BCUT2D eigenvalue weighted by Gasteiger charge is 2.10. The molecular formula is C16H19BrN2O2. The molecule has 2 rings (SSSR count). The molecule has 0 aliphatic rings. The molecule has 0 bridgehead atoms. The molecule has 0 fully saturated rings. The molecule has 112 valence electrons. The molecule has 3 N–H and O–H groups in total. The van der Waals surface area contributed by atoms with Gasteiger partial charge in [0, 0.05) is 0 Å². The predicted octanol–water partition coefficient (Wildman–Crippen LogP) is 2.91. The second-order valence-corrected chi connectivity index (χ2v) is 5.52. The number of benzene rings is 2. The van der Waals surface area contributed by atoms with Gasteiger partial charge in [-0.25, -0.2) is 0 Å². The van der Waals surface area contributed by atoms with Gasteiger partial charge in [-0.15, -0.1) is 0 Å². The van der Waals surface area contributed by atoms with Crippen molar-refractivity contribution >= 4 is 15.9 Å². The van der Waals surface area contributed by atoms with Crippen LogP contribution in [0.15, 0.2) is 53.0 Å². The van der Waals surface area contributed by atoms with Crippen LogP contribution in [0.1, 0.15) is 5.56 Å². The van der Waals surface area contributed by atoms with E-state index in [-0.39, 0.29) is 6.04 Å². The van der Waals surface area contributed by atoms with Crippen molar-refractivity contribution in [3.8, 4) is 11.5 Å². The van der Waals surface area contributed by atoms with Crippen molar-refractivity contribution in [2.45, 2.75) is 12.5 Å². The number of ether oxygens (including phenoxy) is 2. The van der Waals surface area contributed by atoms with Crippen LogP contribution in [0.2, 0.25) is 0 Å². The fourth-order valence-electron chi connectivity index (χ4n) is 2.00. The summed E-state index contributed by atoms with van der Waals surface area (Å²) < 4.78 is 11.9. The number of methoxy groups -OCH3 is 1. The highest BCUT2D eigenvalue weighted by Crippen LogP contribution is 2.26. The molecule has 0 saturated heterocycles. The Labute approximate surface area is 133 Å². The summed E-state index contributed by atoms with van der Waals surface area (Å²) in [5, 5.41) is 0. The summed E-state index contributed by atoms with van der Waals surface area (Å²) >= 11 is 3.49. The molecule has 0 amide bonds. The van der Waals surface area contributed by atoms with E-state index >= 15 is 0 Å². The van der Waals surface area contributed by atoms with Crippen molar-refractivity contribution in [3.63, 3.8) is 0 Å². The van der Waals surface area contributed by atoms with E-state index in [1.54, 1.807) is 7.11 Å². The van der Waals surface area contributed by atoms with Crippen molar-refractivity contribution in [1.29, 1.82) is 0 Å². The van der Waals surface area contributed by atoms with E-state index in [4.69, 9.17) is 15.3 Å². The minimum Gasteiger partial charge on any atom is -0.496 e. The van der Waals surface area contributed by atoms with E-state index in [1.165, 1.54) is 0 Å². The Morgan fingerprint density at radius 3 is 2.57 bits per heavy atom. The van der Waals surface area contributed by atoms with Gasteiger partial charge >= 0.3 is 0 Å². The van der Waals surface area contributed by atoms with Gasteiger partial charge in [-0.05, 0) is 52.2 Å². The van der Waals surface area contributed by atoms with Gasteiger partial charge < -0.3 is 9.47 Å². The second kappa shape index (κ2) is 8.02. The Balaban J connectivity index is 1.94. The number of para-hydroxylation sites is 1. The Morgan fingerprint density at radius 1 is 1.19 bits per heavy atom. The molecule has 2 aromatic rings. The fourth-order valence-corrected chi connectivity index (χ4v) is 2.59. The first-order valence-corrected chi connectivity index (χ1v) is 7.48. The number of hydrogen-bond acceptors (Lipinski definition) is 4. The normalized spacial score (nSPS) is 12.0. The molecule has 0 saturated carbocycles. The van der Waals surface area contributed by atoms with E-state index in [0.717, 1.165) is 28.0 Å².